The third-order valence-corrected chi connectivity index (χ3v) is 15.7. The summed E-state index contributed by atoms with van der Waals surface area (Å²) in [6.07, 6.45) is 42.9. The van der Waals surface area contributed by atoms with Crippen LogP contribution < -0.4 is 56.7 Å². The van der Waals surface area contributed by atoms with E-state index in [1.165, 1.54) is 99.6 Å². The van der Waals surface area contributed by atoms with E-state index in [2.05, 4.69) is 277 Å². The molecule has 2 nitrogen and oxygen atoms in total. The summed E-state index contributed by atoms with van der Waals surface area (Å²) < 4.78 is 0. The first-order valence-corrected chi connectivity index (χ1v) is 29.3. The van der Waals surface area contributed by atoms with Crippen LogP contribution in [0.5, 0.6) is 0 Å². The Balaban J connectivity index is 0.000000355. The first kappa shape index (κ1) is 62.2. The molecule has 0 fully saturated rings. The summed E-state index contributed by atoms with van der Waals surface area (Å²) in [6.45, 7) is 21.3. The van der Waals surface area contributed by atoms with E-state index in [0.717, 1.165) is 37.7 Å². The molecule has 0 bridgehead atoms. The zero-order valence-electron chi connectivity index (χ0n) is 49.0. The standard InChI is InChI=1S/C53H48NS.C20H27N.C2H6.K/c1-5-39-17-9-12-27-50(39)52-37(2)29-30-47(38(52)3)48-25-11-10-20-45(48)36-53(46-24-16-22-42(34-46)40-18-7-6-8-19-40)35-44(31-32-54-53)41-21-15-23-43(33-41)49-26-13-14-28-51(49)55-4;1-6-9-11-13-17(4)19-15-12-16-20(21(19)5)18(8-3)14-10-7-2;1-2;/h6-7,9-17,20-35,54H,5,8,19,36H2,1-4H3;6,8-16,19H,4,7H2,1-3,5H3;1-2H3;/q-1;;;+1/b;9-6+,13-11-,14-10-,18-8+;;. The predicted molar refractivity (Wildman–Crippen MR) is 343 cm³/mol. The molecule has 9 rings (SSSR count). The first-order valence-electron chi connectivity index (χ1n) is 28.1. The Morgan fingerprint density at radius 1 is 0.785 bits per heavy atom. The number of rotatable bonds is 16. The predicted octanol–water partition coefficient (Wildman–Crippen LogP) is 17.1. The van der Waals surface area contributed by atoms with E-state index in [4.69, 9.17) is 0 Å². The SMILES string of the molecule is C=C(/C=C\C=C\C)C1C=CC=C(C(/C=C\CC)=C/C)N1C.CC.CCc1ccccc1-c1c(C)ccc(-c2ccccc2CC2(c3cccc(C4=[C-]C=CCC4)c3)C=C(c3cccc(-c4ccccc4SC)c3)C=CN2)c1C.[K+]. The van der Waals surface area contributed by atoms with Crippen LogP contribution in [0.4, 0.5) is 0 Å². The van der Waals surface area contributed by atoms with Gasteiger partial charge in [-0.15, -0.1) is 29.5 Å². The second-order valence-corrected chi connectivity index (χ2v) is 20.6. The second kappa shape index (κ2) is 31.2. The van der Waals surface area contributed by atoms with Crippen molar-refractivity contribution in [3.05, 3.63) is 293 Å². The average Bonchev–Trinajstić information content (AvgIpc) is 3.59. The van der Waals surface area contributed by atoms with Gasteiger partial charge in [0.25, 0.3) is 0 Å². The molecule has 398 valence electrons. The Bertz CT molecular complexity index is 3370. The molecule has 4 heteroatoms. The van der Waals surface area contributed by atoms with Crippen molar-refractivity contribution in [2.24, 2.45) is 0 Å². The van der Waals surface area contributed by atoms with E-state index in [9.17, 15) is 0 Å². The largest absolute Gasteiger partial charge is 1.00 e. The number of nitrogens with zero attached hydrogens (tertiary/aromatic N) is 1. The summed E-state index contributed by atoms with van der Waals surface area (Å²) in [5.41, 5.74) is 22.3. The zero-order chi connectivity index (χ0) is 55.4. The van der Waals surface area contributed by atoms with Crippen molar-refractivity contribution < 1.29 is 51.4 Å². The van der Waals surface area contributed by atoms with E-state index in [-0.39, 0.29) is 57.4 Å². The molecule has 6 aromatic carbocycles. The van der Waals surface area contributed by atoms with Crippen LogP contribution in [-0.2, 0) is 18.4 Å². The minimum atomic E-state index is -0.509. The van der Waals surface area contributed by atoms with Gasteiger partial charge in [0.1, 0.15) is 0 Å². The van der Waals surface area contributed by atoms with Crippen LogP contribution >= 0.6 is 11.8 Å². The number of likely N-dealkylation sites (N-methyl/N-ethyl adjacent to an activating group) is 1. The van der Waals surface area contributed by atoms with Crippen LogP contribution in [0.15, 0.2) is 253 Å². The average molecular weight is 1080 g/mol. The number of thioether (sulfide) groups is 1. The summed E-state index contributed by atoms with van der Waals surface area (Å²) in [5.74, 6) is 0. The minimum Gasteiger partial charge on any atom is -0.378 e. The fourth-order valence-corrected chi connectivity index (χ4v) is 11.5. The van der Waals surface area contributed by atoms with E-state index in [0.29, 0.717) is 0 Å². The third-order valence-electron chi connectivity index (χ3n) is 14.9. The number of hydrogen-bond donors (Lipinski definition) is 1. The van der Waals surface area contributed by atoms with Gasteiger partial charge >= 0.3 is 51.4 Å². The van der Waals surface area contributed by atoms with Crippen LogP contribution in [0.1, 0.15) is 99.7 Å². The topological polar surface area (TPSA) is 15.3 Å². The number of aryl methyl sites for hydroxylation is 2. The number of nitrogens with one attached hydrogen (secondary N) is 1. The maximum absolute atomic E-state index is 4.20. The van der Waals surface area contributed by atoms with E-state index < -0.39 is 5.54 Å². The number of allylic oxidation sites excluding steroid dienone is 14. The van der Waals surface area contributed by atoms with E-state index >= 15 is 0 Å². The molecule has 0 saturated heterocycles. The Morgan fingerprint density at radius 3 is 2.22 bits per heavy atom. The van der Waals surface area contributed by atoms with Crippen molar-refractivity contribution in [3.63, 3.8) is 0 Å². The molecule has 79 heavy (non-hydrogen) atoms. The number of benzene rings is 6. The molecule has 2 unspecified atom stereocenters. The number of dihydropyridines is 1. The quantitative estimate of drug-likeness (QED) is 0.0450. The van der Waals surface area contributed by atoms with Gasteiger partial charge in [0.05, 0.1) is 11.6 Å². The molecule has 0 radical (unpaired) electrons. The van der Waals surface area contributed by atoms with Crippen molar-refractivity contribution in [3.8, 4) is 33.4 Å². The monoisotopic (exact) mass is 1080 g/mol. The summed E-state index contributed by atoms with van der Waals surface area (Å²) in [6, 6.07) is 49.7. The molecule has 2 atom stereocenters. The fourth-order valence-electron chi connectivity index (χ4n) is 10.8. The zero-order valence-corrected chi connectivity index (χ0v) is 53.0. The molecule has 2 heterocycles. The van der Waals surface area contributed by atoms with Crippen LogP contribution in [0, 0.1) is 19.9 Å². The van der Waals surface area contributed by atoms with E-state index in [1.807, 2.05) is 39.0 Å². The van der Waals surface area contributed by atoms with Crippen molar-refractivity contribution in [1.29, 1.82) is 0 Å². The summed E-state index contributed by atoms with van der Waals surface area (Å²) >= 11 is 1.80. The van der Waals surface area contributed by atoms with Crippen molar-refractivity contribution in [1.82, 2.24) is 10.2 Å². The maximum Gasteiger partial charge on any atom is 1.00 e. The van der Waals surface area contributed by atoms with Crippen molar-refractivity contribution in [2.75, 3.05) is 13.3 Å². The van der Waals surface area contributed by atoms with Gasteiger partial charge in [-0.1, -0.05) is 211 Å². The van der Waals surface area contributed by atoms with Crippen LogP contribution in [0.2, 0.25) is 0 Å². The smallest absolute Gasteiger partial charge is 0.378 e. The second-order valence-electron chi connectivity index (χ2n) is 19.8. The molecular weight excluding hydrogens is 1000 g/mol. The molecule has 1 aliphatic carbocycles. The molecule has 0 aromatic heterocycles. The molecule has 6 aromatic rings. The van der Waals surface area contributed by atoms with Crippen LogP contribution in [0.3, 0.4) is 0 Å². The van der Waals surface area contributed by atoms with Gasteiger partial charge in [-0.05, 0) is 167 Å². The third kappa shape index (κ3) is 15.3. The summed E-state index contributed by atoms with van der Waals surface area (Å²) in [5, 5.41) is 3.94. The molecule has 2 aliphatic heterocycles. The fraction of sp³-hybridized carbons (Fsp3) is 0.227. The van der Waals surface area contributed by atoms with Gasteiger partial charge < -0.3 is 10.2 Å². The van der Waals surface area contributed by atoms with Gasteiger partial charge in [0, 0.05) is 24.1 Å². The Hall–Kier alpha value is -5.95. The van der Waals surface area contributed by atoms with Crippen LogP contribution in [0.25, 0.3) is 44.5 Å². The Kier molecular flexibility index (Phi) is 24.5. The van der Waals surface area contributed by atoms with Gasteiger partial charge in [0.15, 0.2) is 0 Å². The molecular formula is C75H81KN2S. The summed E-state index contributed by atoms with van der Waals surface area (Å²) in [7, 11) is 2.12. The Morgan fingerprint density at radius 2 is 1.49 bits per heavy atom. The van der Waals surface area contributed by atoms with Gasteiger partial charge in [0.2, 0.25) is 0 Å². The Labute approximate surface area is 523 Å². The molecule has 0 spiro atoms. The number of hydrogen-bond acceptors (Lipinski definition) is 3. The molecule has 3 aliphatic rings. The molecule has 0 saturated carbocycles. The summed E-state index contributed by atoms with van der Waals surface area (Å²) in [4.78, 5) is 3.56. The van der Waals surface area contributed by atoms with Gasteiger partial charge in [-0.3, -0.25) is 0 Å². The van der Waals surface area contributed by atoms with Crippen LogP contribution in [-0.4, -0.2) is 24.2 Å². The minimum absolute atomic E-state index is 0. The van der Waals surface area contributed by atoms with Crippen molar-refractivity contribution in [2.45, 2.75) is 104 Å². The van der Waals surface area contributed by atoms with E-state index in [1.54, 1.807) is 11.8 Å². The first-order chi connectivity index (χ1) is 38.1. The van der Waals surface area contributed by atoms with Crippen molar-refractivity contribution >= 4 is 22.9 Å². The molecule has 0 amide bonds. The normalized spacial score (nSPS) is 16.8. The molecule has 1 N–H and O–H groups in total. The maximum atomic E-state index is 4.20. The van der Waals surface area contributed by atoms with Gasteiger partial charge in [-0.25, -0.2) is 0 Å². The van der Waals surface area contributed by atoms with Gasteiger partial charge in [-0.2, -0.15) is 23.8 Å².